The lowest BCUT2D eigenvalue weighted by molar-refractivity contribution is -0.138. The van der Waals surface area contributed by atoms with Gasteiger partial charge in [0.25, 0.3) is 0 Å². The minimum absolute atomic E-state index is 0.0251. The number of ether oxygens (including phenoxy) is 1. The van der Waals surface area contributed by atoms with Gasteiger partial charge in [0.1, 0.15) is 5.75 Å². The third-order valence-electron chi connectivity index (χ3n) is 1.97. The summed E-state index contributed by atoms with van der Waals surface area (Å²) in [5, 5.41) is 0. The summed E-state index contributed by atoms with van der Waals surface area (Å²) >= 11 is 1.82. The molecule has 2 nitrogen and oxygen atoms in total. The molecule has 0 aliphatic carbocycles. The van der Waals surface area contributed by atoms with Gasteiger partial charge >= 0.3 is 6.18 Å². The van der Waals surface area contributed by atoms with Gasteiger partial charge in [-0.2, -0.15) is 13.2 Å². The fraction of sp³-hybridized carbons (Fsp3) is 0.300. The normalized spacial score (nSPS) is 11.4. The molecular formula is C10H8F3IO2. The molecule has 1 rings (SSSR count). The number of Topliss-reactive ketones (excluding diaryl/α,β-unsaturated/α-hetero) is 1. The first kappa shape index (κ1) is 13.3. The van der Waals surface area contributed by atoms with Gasteiger partial charge in [-0.05, 0) is 41.6 Å². The molecule has 16 heavy (non-hydrogen) atoms. The molecule has 0 aromatic heterocycles. The van der Waals surface area contributed by atoms with Crippen LogP contribution in [0.25, 0.3) is 0 Å². The van der Waals surface area contributed by atoms with Gasteiger partial charge in [-0.3, -0.25) is 4.79 Å². The number of hydrogen-bond acceptors (Lipinski definition) is 2. The Labute approximate surface area is 104 Å². The molecule has 0 aliphatic heterocycles. The van der Waals surface area contributed by atoms with Crippen LogP contribution >= 0.6 is 22.6 Å². The second-order valence-corrected chi connectivity index (χ2v) is 4.22. The molecule has 88 valence electrons. The lowest BCUT2D eigenvalue weighted by Crippen LogP contribution is -2.13. The van der Waals surface area contributed by atoms with Crippen LogP contribution in [0.4, 0.5) is 13.2 Å². The molecular weight excluding hydrogens is 336 g/mol. The van der Waals surface area contributed by atoms with Gasteiger partial charge in [0.2, 0.25) is 0 Å². The van der Waals surface area contributed by atoms with E-state index in [-0.39, 0.29) is 5.75 Å². The minimum Gasteiger partial charge on any atom is -0.495 e. The van der Waals surface area contributed by atoms with Crippen LogP contribution in [0.5, 0.6) is 5.75 Å². The summed E-state index contributed by atoms with van der Waals surface area (Å²) in [5.74, 6) is -0.689. The van der Waals surface area contributed by atoms with Crippen molar-refractivity contribution in [3.63, 3.8) is 0 Å². The topological polar surface area (TPSA) is 26.3 Å². The van der Waals surface area contributed by atoms with Crippen LogP contribution in [-0.2, 0) is 6.18 Å². The Bertz CT molecular complexity index is 427. The highest BCUT2D eigenvalue weighted by atomic mass is 127. The van der Waals surface area contributed by atoms with Crippen LogP contribution in [0.15, 0.2) is 12.1 Å². The molecule has 6 heteroatoms. The summed E-state index contributed by atoms with van der Waals surface area (Å²) in [6, 6.07) is 2.16. The summed E-state index contributed by atoms with van der Waals surface area (Å²) in [6.45, 7) is 1.09. The third kappa shape index (κ3) is 2.47. The molecule has 0 heterocycles. The zero-order chi connectivity index (χ0) is 12.5. The molecule has 0 N–H and O–H groups in total. The van der Waals surface area contributed by atoms with Crippen molar-refractivity contribution < 1.29 is 22.7 Å². The molecule has 0 amide bonds. The van der Waals surface area contributed by atoms with Crippen molar-refractivity contribution in [1.82, 2.24) is 0 Å². The average molecular weight is 344 g/mol. The van der Waals surface area contributed by atoms with Crippen LogP contribution in [0, 0.1) is 3.57 Å². The zero-order valence-corrected chi connectivity index (χ0v) is 10.6. The maximum Gasteiger partial charge on any atom is 0.417 e. The van der Waals surface area contributed by atoms with Gasteiger partial charge in [0, 0.05) is 0 Å². The van der Waals surface area contributed by atoms with Crippen LogP contribution < -0.4 is 4.74 Å². The zero-order valence-electron chi connectivity index (χ0n) is 8.48. The molecule has 0 bridgehead atoms. The van der Waals surface area contributed by atoms with Crippen molar-refractivity contribution >= 4 is 28.4 Å². The average Bonchev–Trinajstić information content (AvgIpc) is 2.14. The Morgan fingerprint density at radius 2 is 1.94 bits per heavy atom. The Hall–Kier alpha value is -0.790. The van der Waals surface area contributed by atoms with Gasteiger partial charge in [0.05, 0.1) is 21.8 Å². The van der Waals surface area contributed by atoms with E-state index < -0.39 is 23.1 Å². The van der Waals surface area contributed by atoms with Crippen molar-refractivity contribution in [3.05, 3.63) is 26.8 Å². The number of methoxy groups -OCH3 is 1. The lowest BCUT2D eigenvalue weighted by atomic mass is 10.0. The predicted molar refractivity (Wildman–Crippen MR) is 60.7 cm³/mol. The Morgan fingerprint density at radius 1 is 1.38 bits per heavy atom. The summed E-state index contributed by atoms with van der Waals surface area (Å²) in [4.78, 5) is 11.3. The quantitative estimate of drug-likeness (QED) is 0.606. The second kappa shape index (κ2) is 4.60. The van der Waals surface area contributed by atoms with Gasteiger partial charge in [-0.25, -0.2) is 0 Å². The smallest absolute Gasteiger partial charge is 0.417 e. The third-order valence-corrected chi connectivity index (χ3v) is 2.82. The number of rotatable bonds is 2. The fourth-order valence-electron chi connectivity index (χ4n) is 1.34. The summed E-state index contributed by atoms with van der Waals surface area (Å²) in [5.41, 5.74) is -1.38. The van der Waals surface area contributed by atoms with Crippen molar-refractivity contribution in [1.29, 1.82) is 0 Å². The van der Waals surface area contributed by atoms with E-state index in [9.17, 15) is 18.0 Å². The largest absolute Gasteiger partial charge is 0.495 e. The first-order valence-corrected chi connectivity index (χ1v) is 5.31. The highest BCUT2D eigenvalue weighted by Crippen LogP contribution is 2.38. The SMILES string of the molecule is COc1c(I)ccc(C(F)(F)F)c1C(C)=O. The molecule has 0 saturated carbocycles. The van der Waals surface area contributed by atoms with E-state index in [1.807, 2.05) is 22.6 Å². The number of ketones is 1. The highest BCUT2D eigenvalue weighted by Gasteiger charge is 2.36. The van der Waals surface area contributed by atoms with Gasteiger partial charge < -0.3 is 4.74 Å². The first-order valence-electron chi connectivity index (χ1n) is 4.23. The number of carbonyl (C=O) groups excluding carboxylic acids is 1. The molecule has 0 radical (unpaired) electrons. The molecule has 1 aromatic rings. The van der Waals surface area contributed by atoms with E-state index >= 15 is 0 Å². The van der Waals surface area contributed by atoms with Crippen molar-refractivity contribution in [2.24, 2.45) is 0 Å². The first-order chi connectivity index (χ1) is 7.29. The fourth-order valence-corrected chi connectivity index (χ4v) is 2.01. The molecule has 1 aromatic carbocycles. The monoisotopic (exact) mass is 344 g/mol. The Balaban J connectivity index is 3.58. The van der Waals surface area contributed by atoms with Crippen molar-refractivity contribution in [3.8, 4) is 5.75 Å². The van der Waals surface area contributed by atoms with Gasteiger partial charge in [-0.1, -0.05) is 0 Å². The number of benzene rings is 1. The van der Waals surface area contributed by atoms with Crippen LogP contribution in [0.3, 0.4) is 0 Å². The van der Waals surface area contributed by atoms with E-state index in [1.54, 1.807) is 0 Å². The van der Waals surface area contributed by atoms with Crippen LogP contribution in [0.2, 0.25) is 0 Å². The number of carbonyl (C=O) groups is 1. The molecule has 0 aliphatic rings. The van der Waals surface area contributed by atoms with E-state index in [0.29, 0.717) is 3.57 Å². The van der Waals surface area contributed by atoms with E-state index in [2.05, 4.69) is 0 Å². The summed E-state index contributed by atoms with van der Waals surface area (Å²) < 4.78 is 43.3. The second-order valence-electron chi connectivity index (χ2n) is 3.06. The van der Waals surface area contributed by atoms with E-state index in [1.165, 1.54) is 13.2 Å². The van der Waals surface area contributed by atoms with Gasteiger partial charge in [0.15, 0.2) is 5.78 Å². The lowest BCUT2D eigenvalue weighted by Gasteiger charge is -2.15. The van der Waals surface area contributed by atoms with Crippen LogP contribution in [0.1, 0.15) is 22.8 Å². The van der Waals surface area contributed by atoms with Crippen LogP contribution in [-0.4, -0.2) is 12.9 Å². The van der Waals surface area contributed by atoms with E-state index in [4.69, 9.17) is 4.74 Å². The standard InChI is InChI=1S/C10H8F3IO2/c1-5(15)8-6(10(11,12)13)3-4-7(14)9(8)16-2/h3-4H,1-2H3. The van der Waals surface area contributed by atoms with E-state index in [0.717, 1.165) is 13.0 Å². The summed E-state index contributed by atoms with van der Waals surface area (Å²) in [6.07, 6.45) is -4.56. The number of halogens is 4. The molecule has 0 atom stereocenters. The predicted octanol–water partition coefficient (Wildman–Crippen LogP) is 3.52. The Kier molecular flexibility index (Phi) is 3.82. The number of hydrogen-bond donors (Lipinski definition) is 0. The molecule has 0 unspecified atom stereocenters. The summed E-state index contributed by atoms with van der Waals surface area (Å²) in [7, 11) is 1.24. The number of alkyl halides is 3. The highest BCUT2D eigenvalue weighted by molar-refractivity contribution is 14.1. The maximum atomic E-state index is 12.6. The Morgan fingerprint density at radius 3 is 2.31 bits per heavy atom. The van der Waals surface area contributed by atoms with Crippen molar-refractivity contribution in [2.75, 3.05) is 7.11 Å². The molecule has 0 saturated heterocycles. The molecule has 0 spiro atoms. The molecule has 0 fully saturated rings. The minimum atomic E-state index is -4.56. The van der Waals surface area contributed by atoms with Crippen molar-refractivity contribution in [2.45, 2.75) is 13.1 Å². The van der Waals surface area contributed by atoms with Gasteiger partial charge in [-0.15, -0.1) is 0 Å². The maximum absolute atomic E-state index is 12.6.